The number of amides is 1. The third-order valence-corrected chi connectivity index (χ3v) is 3.21. The van der Waals surface area contributed by atoms with E-state index in [0.29, 0.717) is 36.1 Å². The normalized spacial score (nSPS) is 10.2. The quantitative estimate of drug-likeness (QED) is 0.843. The van der Waals surface area contributed by atoms with Crippen LogP contribution in [0.4, 0.5) is 5.82 Å². The monoisotopic (exact) mass is 314 g/mol. The van der Waals surface area contributed by atoms with Crippen LogP contribution in [-0.2, 0) is 0 Å². The number of nitrogens with one attached hydrogen (secondary N) is 1. The molecule has 1 heterocycles. The first kappa shape index (κ1) is 16.8. The van der Waals surface area contributed by atoms with E-state index >= 15 is 0 Å². The number of ether oxygens (including phenoxy) is 2. The van der Waals surface area contributed by atoms with Crippen LogP contribution < -0.4 is 14.8 Å². The molecule has 0 radical (unpaired) electrons. The van der Waals surface area contributed by atoms with Crippen LogP contribution in [0.1, 0.15) is 36.2 Å². The summed E-state index contributed by atoms with van der Waals surface area (Å²) in [4.78, 5) is 16.6. The number of aromatic nitrogens is 1. The number of hydrogen-bond donors (Lipinski definition) is 1. The lowest BCUT2D eigenvalue weighted by Crippen LogP contribution is -2.14. The van der Waals surface area contributed by atoms with Gasteiger partial charge in [-0.05, 0) is 50.1 Å². The molecular formula is C18H22N2O3. The Morgan fingerprint density at radius 1 is 1.17 bits per heavy atom. The smallest absolute Gasteiger partial charge is 0.256 e. The maximum absolute atomic E-state index is 12.4. The van der Waals surface area contributed by atoms with Gasteiger partial charge in [0.25, 0.3) is 5.91 Å². The molecule has 122 valence electrons. The number of pyridine rings is 1. The van der Waals surface area contributed by atoms with Crippen molar-refractivity contribution in [2.45, 2.75) is 27.2 Å². The Hall–Kier alpha value is -2.56. The first-order chi connectivity index (χ1) is 11.2. The first-order valence-electron chi connectivity index (χ1n) is 7.78. The van der Waals surface area contributed by atoms with E-state index in [2.05, 4.69) is 10.3 Å². The molecule has 1 aromatic carbocycles. The number of aryl methyl sites for hydroxylation is 1. The van der Waals surface area contributed by atoms with E-state index in [9.17, 15) is 4.79 Å². The minimum atomic E-state index is -0.227. The van der Waals surface area contributed by atoms with Gasteiger partial charge in [0.2, 0.25) is 0 Å². The van der Waals surface area contributed by atoms with Crippen molar-refractivity contribution in [1.29, 1.82) is 0 Å². The minimum Gasteiger partial charge on any atom is -0.490 e. The fourth-order valence-electron chi connectivity index (χ4n) is 2.05. The number of nitrogens with zero attached hydrogens (tertiary/aromatic N) is 1. The van der Waals surface area contributed by atoms with Crippen molar-refractivity contribution in [2.75, 3.05) is 18.5 Å². The van der Waals surface area contributed by atoms with Gasteiger partial charge in [0.15, 0.2) is 11.5 Å². The van der Waals surface area contributed by atoms with Crippen molar-refractivity contribution in [3.63, 3.8) is 0 Å². The van der Waals surface area contributed by atoms with Crippen LogP contribution >= 0.6 is 0 Å². The number of carbonyl (C=O) groups is 1. The second-order valence-corrected chi connectivity index (χ2v) is 5.07. The lowest BCUT2D eigenvalue weighted by molar-refractivity contribution is 0.102. The van der Waals surface area contributed by atoms with Crippen LogP contribution in [0.2, 0.25) is 0 Å². The average molecular weight is 314 g/mol. The summed E-state index contributed by atoms with van der Waals surface area (Å²) in [6.45, 7) is 6.95. The van der Waals surface area contributed by atoms with Crippen LogP contribution in [0.5, 0.6) is 11.5 Å². The van der Waals surface area contributed by atoms with Crippen molar-refractivity contribution >= 4 is 11.7 Å². The van der Waals surface area contributed by atoms with Crippen LogP contribution in [-0.4, -0.2) is 24.1 Å². The van der Waals surface area contributed by atoms with Gasteiger partial charge in [-0.1, -0.05) is 13.0 Å². The highest BCUT2D eigenvalue weighted by molar-refractivity contribution is 6.04. The fourth-order valence-corrected chi connectivity index (χ4v) is 2.05. The van der Waals surface area contributed by atoms with Gasteiger partial charge in [-0.15, -0.1) is 0 Å². The Morgan fingerprint density at radius 2 is 2.00 bits per heavy atom. The number of benzene rings is 1. The molecular weight excluding hydrogens is 292 g/mol. The molecule has 5 heteroatoms. The van der Waals surface area contributed by atoms with E-state index in [1.807, 2.05) is 32.9 Å². The third-order valence-electron chi connectivity index (χ3n) is 3.21. The molecule has 0 aliphatic heterocycles. The van der Waals surface area contributed by atoms with E-state index < -0.39 is 0 Å². The summed E-state index contributed by atoms with van der Waals surface area (Å²) >= 11 is 0. The molecule has 0 saturated carbocycles. The Labute approximate surface area is 136 Å². The summed E-state index contributed by atoms with van der Waals surface area (Å²) < 4.78 is 11.2. The zero-order valence-corrected chi connectivity index (χ0v) is 13.8. The highest BCUT2D eigenvalue weighted by atomic mass is 16.5. The lowest BCUT2D eigenvalue weighted by Gasteiger charge is -2.13. The van der Waals surface area contributed by atoms with E-state index in [0.717, 1.165) is 12.0 Å². The molecule has 0 fully saturated rings. The van der Waals surface area contributed by atoms with Gasteiger partial charge in [0, 0.05) is 11.8 Å². The highest BCUT2D eigenvalue weighted by Gasteiger charge is 2.13. The van der Waals surface area contributed by atoms with E-state index in [1.54, 1.807) is 24.4 Å². The molecule has 2 aromatic rings. The van der Waals surface area contributed by atoms with E-state index in [-0.39, 0.29) is 5.91 Å². The molecule has 0 aliphatic carbocycles. The van der Waals surface area contributed by atoms with Gasteiger partial charge in [-0.25, -0.2) is 4.98 Å². The third kappa shape index (κ3) is 4.45. The maximum atomic E-state index is 12.4. The average Bonchev–Trinajstić information content (AvgIpc) is 2.56. The van der Waals surface area contributed by atoms with Gasteiger partial charge in [0.1, 0.15) is 5.82 Å². The van der Waals surface area contributed by atoms with Crippen LogP contribution in [0.3, 0.4) is 0 Å². The summed E-state index contributed by atoms with van der Waals surface area (Å²) in [7, 11) is 0. The van der Waals surface area contributed by atoms with Crippen molar-refractivity contribution in [3.8, 4) is 11.5 Å². The van der Waals surface area contributed by atoms with Crippen molar-refractivity contribution in [1.82, 2.24) is 4.98 Å². The molecule has 0 unspecified atom stereocenters. The van der Waals surface area contributed by atoms with Gasteiger partial charge in [-0.3, -0.25) is 4.79 Å². The molecule has 0 atom stereocenters. The van der Waals surface area contributed by atoms with Crippen molar-refractivity contribution < 1.29 is 14.3 Å². The molecule has 23 heavy (non-hydrogen) atoms. The summed E-state index contributed by atoms with van der Waals surface area (Å²) in [6, 6.07) is 8.91. The second kappa shape index (κ2) is 8.17. The van der Waals surface area contributed by atoms with Gasteiger partial charge in [0.05, 0.1) is 13.2 Å². The zero-order chi connectivity index (χ0) is 16.7. The fraction of sp³-hybridized carbons (Fsp3) is 0.333. The SMILES string of the molecule is CCCOc1ccc(C(=O)Nc2ncccc2C)cc1OCC. The predicted octanol–water partition coefficient (Wildman–Crippen LogP) is 3.83. The van der Waals surface area contributed by atoms with Crippen LogP contribution in [0, 0.1) is 6.92 Å². The molecule has 5 nitrogen and oxygen atoms in total. The summed E-state index contributed by atoms with van der Waals surface area (Å²) in [5.41, 5.74) is 1.41. The highest BCUT2D eigenvalue weighted by Crippen LogP contribution is 2.29. The topological polar surface area (TPSA) is 60.5 Å². The minimum absolute atomic E-state index is 0.227. The van der Waals surface area contributed by atoms with E-state index in [1.165, 1.54) is 0 Å². The summed E-state index contributed by atoms with van der Waals surface area (Å²) in [5.74, 6) is 1.56. The predicted molar refractivity (Wildman–Crippen MR) is 90.3 cm³/mol. The molecule has 0 bridgehead atoms. The molecule has 0 spiro atoms. The Kier molecular flexibility index (Phi) is 5.97. The number of anilines is 1. The maximum Gasteiger partial charge on any atom is 0.256 e. The number of rotatable bonds is 7. The standard InChI is InChI=1S/C18H22N2O3/c1-4-11-23-15-9-8-14(12-16(15)22-5-2)18(21)20-17-13(3)7-6-10-19-17/h6-10,12H,4-5,11H2,1-3H3,(H,19,20,21). The molecule has 0 saturated heterocycles. The Balaban J connectivity index is 2.20. The lowest BCUT2D eigenvalue weighted by atomic mass is 10.2. The molecule has 0 aliphatic rings. The second-order valence-electron chi connectivity index (χ2n) is 5.07. The van der Waals surface area contributed by atoms with Crippen LogP contribution in [0.15, 0.2) is 36.5 Å². The first-order valence-corrected chi connectivity index (χ1v) is 7.78. The Bertz CT molecular complexity index is 671. The largest absolute Gasteiger partial charge is 0.490 e. The molecule has 1 N–H and O–H groups in total. The van der Waals surface area contributed by atoms with Crippen LogP contribution in [0.25, 0.3) is 0 Å². The summed E-state index contributed by atoms with van der Waals surface area (Å²) in [5, 5.41) is 2.81. The number of hydrogen-bond acceptors (Lipinski definition) is 4. The van der Waals surface area contributed by atoms with Gasteiger partial charge >= 0.3 is 0 Å². The van der Waals surface area contributed by atoms with Gasteiger partial charge < -0.3 is 14.8 Å². The van der Waals surface area contributed by atoms with Crippen molar-refractivity contribution in [2.24, 2.45) is 0 Å². The van der Waals surface area contributed by atoms with Crippen molar-refractivity contribution in [3.05, 3.63) is 47.7 Å². The summed E-state index contributed by atoms with van der Waals surface area (Å²) in [6.07, 6.45) is 2.56. The Morgan fingerprint density at radius 3 is 2.70 bits per heavy atom. The molecule has 1 amide bonds. The van der Waals surface area contributed by atoms with Gasteiger partial charge in [-0.2, -0.15) is 0 Å². The molecule has 2 rings (SSSR count). The zero-order valence-electron chi connectivity index (χ0n) is 13.8. The number of carbonyl (C=O) groups excluding carboxylic acids is 1. The molecule has 1 aromatic heterocycles. The van der Waals surface area contributed by atoms with E-state index in [4.69, 9.17) is 9.47 Å².